The number of carbonyl (C=O) groups excluding carboxylic acids is 3. The predicted octanol–water partition coefficient (Wildman–Crippen LogP) is 3.80. The topological polar surface area (TPSA) is 94.3 Å². The summed E-state index contributed by atoms with van der Waals surface area (Å²) in [6, 6.07) is 7.36. The van der Waals surface area contributed by atoms with Gasteiger partial charge in [-0.3, -0.25) is 15.0 Å². The Morgan fingerprint density at radius 1 is 1.10 bits per heavy atom. The van der Waals surface area contributed by atoms with Crippen molar-refractivity contribution in [3.05, 3.63) is 36.0 Å². The molecule has 3 rings (SSSR count). The van der Waals surface area contributed by atoms with Crippen molar-refractivity contribution in [3.63, 3.8) is 0 Å². The molecule has 0 atom stereocenters. The maximum Gasteiger partial charge on any atom is 0.344 e. The number of hydrogen-bond donors (Lipinski definition) is 3. The number of hydrogen-bond acceptors (Lipinski definition) is 3. The van der Waals surface area contributed by atoms with E-state index in [9.17, 15) is 14.4 Å². The molecule has 2 heterocycles. The summed E-state index contributed by atoms with van der Waals surface area (Å²) in [6.07, 6.45) is 7.36. The highest BCUT2D eigenvalue weighted by atomic mass is 16.2. The minimum Gasteiger partial charge on any atom is -0.361 e. The number of fused-ring (bicyclic) bond motifs is 1. The molecule has 156 valence electrons. The van der Waals surface area contributed by atoms with Crippen LogP contribution in [-0.4, -0.2) is 33.4 Å². The van der Waals surface area contributed by atoms with Crippen molar-refractivity contribution >= 4 is 28.7 Å². The van der Waals surface area contributed by atoms with E-state index in [4.69, 9.17) is 0 Å². The fourth-order valence-electron chi connectivity index (χ4n) is 3.91. The molecule has 0 saturated carbocycles. The molecule has 29 heavy (non-hydrogen) atoms. The summed E-state index contributed by atoms with van der Waals surface area (Å²) in [7, 11) is 0. The molecule has 4 amide bonds. The number of rotatable bonds is 10. The van der Waals surface area contributed by atoms with Crippen LogP contribution >= 0.6 is 0 Å². The van der Waals surface area contributed by atoms with Crippen molar-refractivity contribution < 1.29 is 14.4 Å². The summed E-state index contributed by atoms with van der Waals surface area (Å²) in [5.74, 6) is -0.689. The highest BCUT2D eigenvalue weighted by Gasteiger charge is 2.50. The number of aryl methyl sites for hydroxylation is 1. The van der Waals surface area contributed by atoms with E-state index in [2.05, 4.69) is 29.6 Å². The van der Waals surface area contributed by atoms with Crippen molar-refractivity contribution in [1.82, 2.24) is 20.7 Å². The highest BCUT2D eigenvalue weighted by molar-refractivity contribution is 6.08. The number of aromatic nitrogens is 1. The first kappa shape index (κ1) is 20.9. The summed E-state index contributed by atoms with van der Waals surface area (Å²) in [4.78, 5) is 41.1. The highest BCUT2D eigenvalue weighted by Crippen LogP contribution is 2.28. The molecule has 0 aliphatic carbocycles. The van der Waals surface area contributed by atoms with Gasteiger partial charge >= 0.3 is 6.03 Å². The fourth-order valence-corrected chi connectivity index (χ4v) is 3.91. The molecule has 1 aromatic carbocycles. The third-order valence-electron chi connectivity index (χ3n) is 5.61. The van der Waals surface area contributed by atoms with Gasteiger partial charge in [-0.2, -0.15) is 5.01 Å². The van der Waals surface area contributed by atoms with E-state index < -0.39 is 11.6 Å². The van der Waals surface area contributed by atoms with Gasteiger partial charge in [0, 0.05) is 23.5 Å². The number of aromatic amines is 1. The normalized spacial score (nSPS) is 15.7. The lowest BCUT2D eigenvalue weighted by Crippen LogP contribution is -2.50. The molecule has 1 aromatic heterocycles. The summed E-state index contributed by atoms with van der Waals surface area (Å²) < 4.78 is 0. The standard InChI is InChI=1S/C22H30N4O3/c1-3-5-13-22(14-6-4-2)20(28)26(21(29)24-22)25-19(27)12-11-16-15-23-18-10-8-7-9-17(16)18/h7-10,15,23H,3-6,11-14H2,1-2H3,(H,24,29)(H,25,27). The molecule has 0 spiro atoms. The van der Waals surface area contributed by atoms with Crippen LogP contribution in [0.2, 0.25) is 0 Å². The number of para-hydroxylation sites is 1. The van der Waals surface area contributed by atoms with Gasteiger partial charge in [0.25, 0.3) is 5.91 Å². The van der Waals surface area contributed by atoms with E-state index >= 15 is 0 Å². The molecule has 0 radical (unpaired) electrons. The summed E-state index contributed by atoms with van der Waals surface area (Å²) in [6.45, 7) is 4.11. The number of carbonyl (C=O) groups is 3. The molecule has 0 unspecified atom stereocenters. The minimum absolute atomic E-state index is 0.190. The summed E-state index contributed by atoms with van der Waals surface area (Å²) >= 11 is 0. The molecule has 3 N–H and O–H groups in total. The SMILES string of the molecule is CCCCC1(CCCC)NC(=O)N(NC(=O)CCc2c[nH]c3ccccc23)C1=O. The van der Waals surface area contributed by atoms with E-state index in [0.717, 1.165) is 47.2 Å². The lowest BCUT2D eigenvalue weighted by atomic mass is 9.87. The van der Waals surface area contributed by atoms with Crippen LogP contribution in [-0.2, 0) is 16.0 Å². The Balaban J connectivity index is 1.63. The largest absolute Gasteiger partial charge is 0.361 e. The molecule has 7 nitrogen and oxygen atoms in total. The number of unbranched alkanes of at least 4 members (excludes halogenated alkanes) is 2. The predicted molar refractivity (Wildman–Crippen MR) is 112 cm³/mol. The van der Waals surface area contributed by atoms with Crippen LogP contribution in [0.25, 0.3) is 10.9 Å². The maximum absolute atomic E-state index is 13.0. The van der Waals surface area contributed by atoms with Gasteiger partial charge in [-0.15, -0.1) is 0 Å². The number of imide groups is 1. The Hall–Kier alpha value is -2.83. The molecule has 1 aliphatic heterocycles. The maximum atomic E-state index is 13.0. The van der Waals surface area contributed by atoms with Crippen LogP contribution in [0.5, 0.6) is 0 Å². The van der Waals surface area contributed by atoms with E-state index in [1.807, 2.05) is 30.5 Å². The zero-order valence-corrected chi connectivity index (χ0v) is 17.2. The summed E-state index contributed by atoms with van der Waals surface area (Å²) in [5, 5.41) is 4.81. The van der Waals surface area contributed by atoms with Gasteiger partial charge in [0.05, 0.1) is 0 Å². The van der Waals surface area contributed by atoms with Crippen molar-refractivity contribution in [2.45, 2.75) is 70.8 Å². The number of amides is 4. The first-order valence-electron chi connectivity index (χ1n) is 10.5. The molecule has 1 aliphatic rings. The molecule has 7 heteroatoms. The number of H-pyrrole nitrogens is 1. The van der Waals surface area contributed by atoms with E-state index in [1.165, 1.54) is 0 Å². The van der Waals surface area contributed by atoms with Crippen molar-refractivity contribution in [2.75, 3.05) is 0 Å². The Bertz CT molecular complexity index is 881. The van der Waals surface area contributed by atoms with E-state index in [0.29, 0.717) is 19.3 Å². The van der Waals surface area contributed by atoms with Crippen LogP contribution in [0.3, 0.4) is 0 Å². The second-order valence-electron chi connectivity index (χ2n) is 7.75. The molecule has 1 fully saturated rings. The Morgan fingerprint density at radius 3 is 2.48 bits per heavy atom. The van der Waals surface area contributed by atoms with Crippen molar-refractivity contribution in [2.24, 2.45) is 0 Å². The van der Waals surface area contributed by atoms with Crippen LogP contribution in [0.4, 0.5) is 4.79 Å². The van der Waals surface area contributed by atoms with Gasteiger partial charge in [-0.1, -0.05) is 57.7 Å². The van der Waals surface area contributed by atoms with Gasteiger partial charge < -0.3 is 10.3 Å². The number of urea groups is 1. The lowest BCUT2D eigenvalue weighted by molar-refractivity contribution is -0.139. The second kappa shape index (κ2) is 9.11. The van der Waals surface area contributed by atoms with Crippen LogP contribution < -0.4 is 10.7 Å². The van der Waals surface area contributed by atoms with Crippen LogP contribution in [0.1, 0.15) is 64.4 Å². The van der Waals surface area contributed by atoms with Gasteiger partial charge in [-0.25, -0.2) is 4.79 Å². The molecular weight excluding hydrogens is 368 g/mol. The molecule has 2 aromatic rings. The van der Waals surface area contributed by atoms with Gasteiger partial charge in [-0.05, 0) is 30.9 Å². The first-order valence-corrected chi connectivity index (χ1v) is 10.5. The Morgan fingerprint density at radius 2 is 1.79 bits per heavy atom. The molecular formula is C22H30N4O3. The van der Waals surface area contributed by atoms with Gasteiger partial charge in [0.15, 0.2) is 0 Å². The summed E-state index contributed by atoms with van der Waals surface area (Å²) in [5.41, 5.74) is 3.68. The van der Waals surface area contributed by atoms with Crippen LogP contribution in [0, 0.1) is 0 Å². The first-order chi connectivity index (χ1) is 14.0. The minimum atomic E-state index is -0.896. The van der Waals surface area contributed by atoms with E-state index in [-0.39, 0.29) is 18.2 Å². The number of nitrogens with one attached hydrogen (secondary N) is 3. The second-order valence-corrected chi connectivity index (χ2v) is 7.75. The zero-order chi connectivity index (χ0) is 20.9. The van der Waals surface area contributed by atoms with Gasteiger partial charge in [0.1, 0.15) is 5.54 Å². The van der Waals surface area contributed by atoms with Crippen LogP contribution in [0.15, 0.2) is 30.5 Å². The Kier molecular flexibility index (Phi) is 6.56. The number of nitrogens with zero attached hydrogens (tertiary/aromatic N) is 1. The fraction of sp³-hybridized carbons (Fsp3) is 0.500. The van der Waals surface area contributed by atoms with Gasteiger partial charge in [0.2, 0.25) is 5.91 Å². The lowest BCUT2D eigenvalue weighted by Gasteiger charge is -2.26. The molecule has 0 bridgehead atoms. The molecule has 1 saturated heterocycles. The third-order valence-corrected chi connectivity index (χ3v) is 5.61. The average Bonchev–Trinajstić information content (AvgIpc) is 3.24. The van der Waals surface area contributed by atoms with Crippen molar-refractivity contribution in [1.29, 1.82) is 0 Å². The Labute approximate surface area is 171 Å². The quantitative estimate of drug-likeness (QED) is 0.531. The average molecular weight is 399 g/mol. The van der Waals surface area contributed by atoms with E-state index in [1.54, 1.807) is 0 Å². The smallest absolute Gasteiger partial charge is 0.344 e. The van der Waals surface area contributed by atoms with Crippen molar-refractivity contribution in [3.8, 4) is 0 Å². The zero-order valence-electron chi connectivity index (χ0n) is 17.2. The third kappa shape index (κ3) is 4.44. The number of hydrazine groups is 1. The number of benzene rings is 1. The monoisotopic (exact) mass is 398 g/mol.